The summed E-state index contributed by atoms with van der Waals surface area (Å²) in [5, 5.41) is 0. The van der Waals surface area contributed by atoms with E-state index >= 15 is 0 Å². The van der Waals surface area contributed by atoms with Crippen LogP contribution in [-0.2, 0) is 9.53 Å². The molecule has 52 valence electrons. The lowest BCUT2D eigenvalue weighted by atomic mass is 10.4. The molecule has 4 N–H and O–H groups in total. The van der Waals surface area contributed by atoms with Crippen LogP contribution in [-0.4, -0.2) is 18.6 Å². The molecule has 2 amide bonds. The molecule has 0 unspecified atom stereocenters. The number of carbonyl (C=O) groups is 2. The maximum atomic E-state index is 9.97. The number of hydrogen-bond donors (Lipinski definition) is 2. The Balaban J connectivity index is 3.10. The smallest absolute Gasteiger partial charge is 0.404 e. The number of hydrogen-bond acceptors (Lipinski definition) is 3. The number of nitrogens with two attached hydrogens (primary N) is 2. The molecule has 0 aromatic carbocycles. The summed E-state index contributed by atoms with van der Waals surface area (Å²) in [7, 11) is 0. The van der Waals surface area contributed by atoms with Gasteiger partial charge in [-0.2, -0.15) is 0 Å². The van der Waals surface area contributed by atoms with E-state index in [2.05, 4.69) is 10.5 Å². The van der Waals surface area contributed by atoms with Crippen molar-refractivity contribution in [1.82, 2.24) is 0 Å². The Labute approximate surface area is 52.0 Å². The SMILES string of the molecule is NC(=O)CCOC(N)=O. The van der Waals surface area contributed by atoms with Gasteiger partial charge in [0.25, 0.3) is 0 Å². The Bertz CT molecular complexity index is 109. The number of carbonyl (C=O) groups excluding carboxylic acids is 2. The number of amides is 2. The van der Waals surface area contributed by atoms with Gasteiger partial charge in [-0.3, -0.25) is 4.79 Å². The summed E-state index contributed by atoms with van der Waals surface area (Å²) in [5.41, 5.74) is 9.27. The molecule has 0 spiro atoms. The van der Waals surface area contributed by atoms with Gasteiger partial charge in [0.1, 0.15) is 6.61 Å². The van der Waals surface area contributed by atoms with Crippen LogP contribution in [0.2, 0.25) is 0 Å². The van der Waals surface area contributed by atoms with E-state index in [0.29, 0.717) is 0 Å². The maximum absolute atomic E-state index is 9.97. The first kappa shape index (κ1) is 7.74. The van der Waals surface area contributed by atoms with Gasteiger partial charge in [0, 0.05) is 0 Å². The van der Waals surface area contributed by atoms with E-state index < -0.39 is 12.0 Å². The molecule has 0 aromatic heterocycles. The van der Waals surface area contributed by atoms with Gasteiger partial charge in [-0.25, -0.2) is 4.79 Å². The van der Waals surface area contributed by atoms with Crippen LogP contribution in [0.4, 0.5) is 4.79 Å². The van der Waals surface area contributed by atoms with Gasteiger partial charge in [0.2, 0.25) is 5.91 Å². The second-order valence-corrected chi connectivity index (χ2v) is 1.38. The molecule has 0 radical (unpaired) electrons. The first-order chi connectivity index (χ1) is 4.13. The summed E-state index contributed by atoms with van der Waals surface area (Å²) in [6.45, 7) is -0.0370. The summed E-state index contributed by atoms with van der Waals surface area (Å²) in [4.78, 5) is 19.8. The number of ether oxygens (including phenoxy) is 1. The first-order valence-corrected chi connectivity index (χ1v) is 2.33. The molecular weight excluding hydrogens is 124 g/mol. The molecular formula is C4H8N2O3. The van der Waals surface area contributed by atoms with E-state index in [-0.39, 0.29) is 13.0 Å². The Morgan fingerprint density at radius 1 is 1.33 bits per heavy atom. The second-order valence-electron chi connectivity index (χ2n) is 1.38. The third-order valence-electron chi connectivity index (χ3n) is 0.593. The third kappa shape index (κ3) is 6.74. The van der Waals surface area contributed by atoms with Crippen LogP contribution in [0.1, 0.15) is 6.42 Å². The van der Waals surface area contributed by atoms with Crippen LogP contribution in [0.25, 0.3) is 0 Å². The van der Waals surface area contributed by atoms with Gasteiger partial charge in [-0.05, 0) is 0 Å². The van der Waals surface area contributed by atoms with E-state index in [1.165, 1.54) is 0 Å². The summed E-state index contributed by atoms with van der Waals surface area (Å²) in [6.07, 6.45) is -0.876. The van der Waals surface area contributed by atoms with E-state index in [9.17, 15) is 9.59 Å². The van der Waals surface area contributed by atoms with Gasteiger partial charge in [-0.15, -0.1) is 0 Å². The lowest BCUT2D eigenvalue weighted by molar-refractivity contribution is -0.118. The quantitative estimate of drug-likeness (QED) is 0.513. The minimum atomic E-state index is -0.892. The van der Waals surface area contributed by atoms with Crippen molar-refractivity contribution in [3.63, 3.8) is 0 Å². The van der Waals surface area contributed by atoms with Crippen molar-refractivity contribution in [3.8, 4) is 0 Å². The van der Waals surface area contributed by atoms with Crippen molar-refractivity contribution < 1.29 is 14.3 Å². The maximum Gasteiger partial charge on any atom is 0.404 e. The summed E-state index contributed by atoms with van der Waals surface area (Å²) >= 11 is 0. The topological polar surface area (TPSA) is 95.4 Å². The summed E-state index contributed by atoms with van der Waals surface area (Å²) in [5.74, 6) is -0.517. The van der Waals surface area contributed by atoms with E-state index in [4.69, 9.17) is 5.73 Å². The molecule has 0 rings (SSSR count). The monoisotopic (exact) mass is 132 g/mol. The minimum Gasteiger partial charge on any atom is -0.449 e. The molecule has 5 heteroatoms. The van der Waals surface area contributed by atoms with Crippen LogP contribution < -0.4 is 11.5 Å². The molecule has 0 bridgehead atoms. The van der Waals surface area contributed by atoms with Crippen molar-refractivity contribution in [3.05, 3.63) is 0 Å². The molecule has 5 nitrogen and oxygen atoms in total. The molecule has 0 atom stereocenters. The highest BCUT2D eigenvalue weighted by molar-refractivity contribution is 5.74. The molecule has 0 heterocycles. The molecule has 0 aliphatic rings. The fourth-order valence-corrected chi connectivity index (χ4v) is 0.252. The average molecular weight is 132 g/mol. The van der Waals surface area contributed by atoms with Crippen molar-refractivity contribution in [2.45, 2.75) is 6.42 Å². The highest BCUT2D eigenvalue weighted by Gasteiger charge is 1.95. The average Bonchev–Trinajstić information content (AvgIpc) is 1.63. The zero-order valence-electron chi connectivity index (χ0n) is 4.79. The van der Waals surface area contributed by atoms with Crippen LogP contribution in [0.5, 0.6) is 0 Å². The van der Waals surface area contributed by atoms with E-state index in [0.717, 1.165) is 0 Å². The Kier molecular flexibility index (Phi) is 3.19. The fourth-order valence-electron chi connectivity index (χ4n) is 0.252. The van der Waals surface area contributed by atoms with Gasteiger partial charge >= 0.3 is 6.09 Å². The largest absolute Gasteiger partial charge is 0.449 e. The summed E-state index contributed by atoms with van der Waals surface area (Å²) < 4.78 is 4.19. The molecule has 0 aromatic rings. The highest BCUT2D eigenvalue weighted by Crippen LogP contribution is 1.78. The normalized spacial score (nSPS) is 8.44. The van der Waals surface area contributed by atoms with Crippen LogP contribution in [0.3, 0.4) is 0 Å². The zero-order chi connectivity index (χ0) is 7.28. The molecule has 0 saturated carbocycles. The lowest BCUT2D eigenvalue weighted by Gasteiger charge is -1.95. The van der Waals surface area contributed by atoms with Gasteiger partial charge in [0.05, 0.1) is 6.42 Å². The minimum absolute atomic E-state index is 0.0168. The molecule has 0 aliphatic carbocycles. The molecule has 0 fully saturated rings. The standard InChI is InChI=1S/C4H8N2O3/c5-3(7)1-2-9-4(6)8/h1-2H2,(H2,5,7)(H2,6,8). The number of primary amides is 2. The third-order valence-corrected chi connectivity index (χ3v) is 0.593. The van der Waals surface area contributed by atoms with Crippen LogP contribution >= 0.6 is 0 Å². The Hall–Kier alpha value is -1.26. The first-order valence-electron chi connectivity index (χ1n) is 2.33. The second kappa shape index (κ2) is 3.71. The Morgan fingerprint density at radius 3 is 2.22 bits per heavy atom. The van der Waals surface area contributed by atoms with E-state index in [1.807, 2.05) is 0 Å². The number of rotatable bonds is 3. The Morgan fingerprint density at radius 2 is 1.89 bits per heavy atom. The van der Waals surface area contributed by atoms with Gasteiger partial charge in [0.15, 0.2) is 0 Å². The van der Waals surface area contributed by atoms with E-state index in [1.54, 1.807) is 0 Å². The predicted octanol–water partition coefficient (Wildman–Crippen LogP) is -1.04. The molecule has 0 aliphatic heterocycles. The fraction of sp³-hybridized carbons (Fsp3) is 0.500. The van der Waals surface area contributed by atoms with Gasteiger partial charge in [-0.1, -0.05) is 0 Å². The lowest BCUT2D eigenvalue weighted by Crippen LogP contribution is -2.18. The molecule has 0 saturated heterocycles. The predicted molar refractivity (Wildman–Crippen MR) is 29.3 cm³/mol. The van der Waals surface area contributed by atoms with Crippen LogP contribution in [0, 0.1) is 0 Å². The van der Waals surface area contributed by atoms with Crippen molar-refractivity contribution in [2.24, 2.45) is 11.5 Å². The summed E-state index contributed by atoms with van der Waals surface area (Å²) in [6, 6.07) is 0. The van der Waals surface area contributed by atoms with Crippen LogP contribution in [0.15, 0.2) is 0 Å². The molecule has 9 heavy (non-hydrogen) atoms. The van der Waals surface area contributed by atoms with Gasteiger partial charge < -0.3 is 16.2 Å². The van der Waals surface area contributed by atoms with Crippen molar-refractivity contribution in [2.75, 3.05) is 6.61 Å². The zero-order valence-corrected chi connectivity index (χ0v) is 4.79. The highest BCUT2D eigenvalue weighted by atomic mass is 16.5. The van der Waals surface area contributed by atoms with Crippen molar-refractivity contribution >= 4 is 12.0 Å². The van der Waals surface area contributed by atoms with Crippen molar-refractivity contribution in [1.29, 1.82) is 0 Å².